The van der Waals surface area contributed by atoms with Crippen LogP contribution in [0.4, 0.5) is 11.4 Å². The van der Waals surface area contributed by atoms with E-state index in [0.717, 1.165) is 43.6 Å². The Bertz CT molecular complexity index is 850. The third kappa shape index (κ3) is 5.30. The van der Waals surface area contributed by atoms with Crippen molar-refractivity contribution in [3.63, 3.8) is 0 Å². The third-order valence-electron chi connectivity index (χ3n) is 5.27. The molecule has 0 saturated carbocycles. The van der Waals surface area contributed by atoms with Crippen molar-refractivity contribution < 1.29 is 9.59 Å². The van der Waals surface area contributed by atoms with Gasteiger partial charge in [0, 0.05) is 30.5 Å². The largest absolute Gasteiger partial charge is 0.371 e. The van der Waals surface area contributed by atoms with E-state index in [1.807, 2.05) is 56.3 Å². The summed E-state index contributed by atoms with van der Waals surface area (Å²) < 4.78 is 0. The van der Waals surface area contributed by atoms with Crippen molar-refractivity contribution in [2.45, 2.75) is 44.5 Å². The van der Waals surface area contributed by atoms with Crippen LogP contribution in [0, 0.1) is 0 Å². The van der Waals surface area contributed by atoms with Gasteiger partial charge in [-0.3, -0.25) is 9.59 Å². The van der Waals surface area contributed by atoms with E-state index in [0.29, 0.717) is 11.3 Å². The molecule has 2 aromatic carbocycles. The number of nitrogens with zero attached hydrogens (tertiary/aromatic N) is 1. The Morgan fingerprint density at radius 3 is 2.45 bits per heavy atom. The molecule has 2 aromatic rings. The van der Waals surface area contributed by atoms with Gasteiger partial charge in [-0.05, 0) is 49.9 Å². The number of halogens is 1. The first-order chi connectivity index (χ1) is 14.0. The topological polar surface area (TPSA) is 61.4 Å². The van der Waals surface area contributed by atoms with Crippen LogP contribution in [0.25, 0.3) is 0 Å². The Morgan fingerprint density at radius 1 is 1.10 bits per heavy atom. The smallest absolute Gasteiger partial charge is 0.253 e. The molecule has 2 amide bonds. The Labute approximate surface area is 177 Å². The SMILES string of the molecule is CC[C@H](C)NC(=O)c1cc(NC(=O)[C@H](Cl)c2ccccc2)ccc1N1CCCC1. The van der Waals surface area contributed by atoms with E-state index in [1.54, 1.807) is 6.07 Å². The van der Waals surface area contributed by atoms with Crippen LogP contribution in [0.5, 0.6) is 0 Å². The molecule has 1 aliphatic heterocycles. The Morgan fingerprint density at radius 2 is 1.79 bits per heavy atom. The van der Waals surface area contributed by atoms with Crippen molar-refractivity contribution in [2.75, 3.05) is 23.3 Å². The van der Waals surface area contributed by atoms with E-state index in [1.165, 1.54) is 0 Å². The average molecular weight is 414 g/mol. The van der Waals surface area contributed by atoms with Crippen molar-refractivity contribution in [3.8, 4) is 0 Å². The minimum atomic E-state index is -0.799. The fraction of sp³-hybridized carbons (Fsp3) is 0.391. The maximum absolute atomic E-state index is 12.9. The lowest BCUT2D eigenvalue weighted by molar-refractivity contribution is -0.116. The molecule has 0 unspecified atom stereocenters. The molecule has 0 spiro atoms. The number of carbonyl (C=O) groups excluding carboxylic acids is 2. The summed E-state index contributed by atoms with van der Waals surface area (Å²) in [5.41, 5.74) is 2.78. The van der Waals surface area contributed by atoms with E-state index in [4.69, 9.17) is 11.6 Å². The molecule has 29 heavy (non-hydrogen) atoms. The predicted octanol–water partition coefficient (Wildman–Crippen LogP) is 4.73. The van der Waals surface area contributed by atoms with Crippen molar-refractivity contribution in [1.29, 1.82) is 0 Å². The Balaban J connectivity index is 1.83. The second kappa shape index (κ2) is 9.79. The summed E-state index contributed by atoms with van der Waals surface area (Å²) in [6, 6.07) is 14.8. The summed E-state index contributed by atoms with van der Waals surface area (Å²) in [6.45, 7) is 5.89. The summed E-state index contributed by atoms with van der Waals surface area (Å²) >= 11 is 6.33. The molecule has 1 fully saturated rings. The second-order valence-corrected chi connectivity index (χ2v) is 7.91. The zero-order valence-corrected chi connectivity index (χ0v) is 17.7. The van der Waals surface area contributed by atoms with E-state index in [2.05, 4.69) is 15.5 Å². The molecule has 1 heterocycles. The monoisotopic (exact) mass is 413 g/mol. The van der Waals surface area contributed by atoms with Crippen LogP contribution in [-0.4, -0.2) is 30.9 Å². The quantitative estimate of drug-likeness (QED) is 0.645. The maximum atomic E-state index is 12.9. The average Bonchev–Trinajstić information content (AvgIpc) is 3.28. The number of hydrogen-bond donors (Lipinski definition) is 2. The van der Waals surface area contributed by atoms with Crippen LogP contribution in [-0.2, 0) is 4.79 Å². The summed E-state index contributed by atoms with van der Waals surface area (Å²) in [7, 11) is 0. The number of carbonyl (C=O) groups is 2. The number of hydrogen-bond acceptors (Lipinski definition) is 3. The zero-order valence-electron chi connectivity index (χ0n) is 17.0. The number of rotatable bonds is 7. The fourth-order valence-electron chi connectivity index (χ4n) is 3.41. The highest BCUT2D eigenvalue weighted by atomic mass is 35.5. The highest BCUT2D eigenvalue weighted by Crippen LogP contribution is 2.29. The molecular weight excluding hydrogens is 386 g/mol. The first-order valence-electron chi connectivity index (χ1n) is 10.2. The molecule has 154 valence electrons. The van der Waals surface area contributed by atoms with Crippen LogP contribution < -0.4 is 15.5 Å². The number of amides is 2. The van der Waals surface area contributed by atoms with E-state index >= 15 is 0 Å². The van der Waals surface area contributed by atoms with Crippen LogP contribution in [0.1, 0.15) is 54.4 Å². The van der Waals surface area contributed by atoms with Crippen LogP contribution in [0.15, 0.2) is 48.5 Å². The van der Waals surface area contributed by atoms with Gasteiger partial charge in [0.2, 0.25) is 5.91 Å². The highest BCUT2D eigenvalue weighted by molar-refractivity contribution is 6.32. The molecule has 0 aliphatic carbocycles. The van der Waals surface area contributed by atoms with E-state index in [-0.39, 0.29) is 17.9 Å². The number of anilines is 2. The maximum Gasteiger partial charge on any atom is 0.253 e. The van der Waals surface area contributed by atoms with Crippen molar-refractivity contribution >= 4 is 34.8 Å². The summed E-state index contributed by atoms with van der Waals surface area (Å²) in [4.78, 5) is 27.7. The molecule has 6 heteroatoms. The van der Waals surface area contributed by atoms with E-state index < -0.39 is 5.38 Å². The molecule has 3 rings (SSSR count). The number of nitrogens with one attached hydrogen (secondary N) is 2. The Kier molecular flexibility index (Phi) is 7.15. The first kappa shape index (κ1) is 21.2. The molecule has 0 bridgehead atoms. The lowest BCUT2D eigenvalue weighted by atomic mass is 10.1. The minimum absolute atomic E-state index is 0.0810. The van der Waals surface area contributed by atoms with Gasteiger partial charge in [-0.2, -0.15) is 0 Å². The molecule has 2 atom stereocenters. The molecular formula is C23H28ClN3O2. The van der Waals surface area contributed by atoms with Crippen molar-refractivity contribution in [1.82, 2.24) is 5.32 Å². The van der Waals surface area contributed by atoms with Crippen LogP contribution in [0.2, 0.25) is 0 Å². The normalized spacial score (nSPS) is 15.6. The van der Waals surface area contributed by atoms with Crippen molar-refractivity contribution in [2.24, 2.45) is 0 Å². The highest BCUT2D eigenvalue weighted by Gasteiger charge is 2.22. The predicted molar refractivity (Wildman–Crippen MR) is 119 cm³/mol. The molecule has 1 saturated heterocycles. The minimum Gasteiger partial charge on any atom is -0.371 e. The molecule has 5 nitrogen and oxygen atoms in total. The van der Waals surface area contributed by atoms with Gasteiger partial charge in [0.1, 0.15) is 5.38 Å². The van der Waals surface area contributed by atoms with Gasteiger partial charge < -0.3 is 15.5 Å². The Hall–Kier alpha value is -2.53. The molecule has 0 radical (unpaired) electrons. The van der Waals surface area contributed by atoms with Crippen LogP contribution in [0.3, 0.4) is 0 Å². The zero-order chi connectivity index (χ0) is 20.8. The molecule has 2 N–H and O–H groups in total. The van der Waals surface area contributed by atoms with Gasteiger partial charge in [-0.25, -0.2) is 0 Å². The second-order valence-electron chi connectivity index (χ2n) is 7.47. The van der Waals surface area contributed by atoms with Gasteiger partial charge in [0.15, 0.2) is 0 Å². The molecule has 0 aromatic heterocycles. The standard InChI is InChI=1S/C23H28ClN3O2/c1-3-16(2)25-22(28)19-15-18(11-12-20(19)27-13-7-8-14-27)26-23(29)21(24)17-9-5-4-6-10-17/h4-6,9-12,15-16,21H,3,7-8,13-14H2,1-2H3,(H,25,28)(H,26,29)/t16-,21+/m0/s1. The lowest BCUT2D eigenvalue weighted by Gasteiger charge is -2.23. The van der Waals surface area contributed by atoms with Crippen molar-refractivity contribution in [3.05, 3.63) is 59.7 Å². The van der Waals surface area contributed by atoms with Gasteiger partial charge in [-0.1, -0.05) is 37.3 Å². The fourth-order valence-corrected chi connectivity index (χ4v) is 3.61. The van der Waals surface area contributed by atoms with Gasteiger partial charge in [-0.15, -0.1) is 11.6 Å². The summed E-state index contributed by atoms with van der Waals surface area (Å²) in [6.07, 6.45) is 3.10. The van der Waals surface area contributed by atoms with E-state index in [9.17, 15) is 9.59 Å². The third-order valence-corrected chi connectivity index (χ3v) is 5.72. The van der Waals surface area contributed by atoms with Gasteiger partial charge in [0.25, 0.3) is 5.91 Å². The summed E-state index contributed by atoms with van der Waals surface area (Å²) in [5.74, 6) is -0.442. The lowest BCUT2D eigenvalue weighted by Crippen LogP contribution is -2.33. The van der Waals surface area contributed by atoms with Gasteiger partial charge in [0.05, 0.1) is 5.56 Å². The first-order valence-corrected chi connectivity index (χ1v) is 10.6. The number of benzene rings is 2. The molecule has 1 aliphatic rings. The number of alkyl halides is 1. The van der Waals surface area contributed by atoms with Gasteiger partial charge >= 0.3 is 0 Å². The summed E-state index contributed by atoms with van der Waals surface area (Å²) in [5, 5.41) is 5.09. The van der Waals surface area contributed by atoms with Crippen LogP contribution >= 0.6 is 11.6 Å².